The molecule has 5 nitrogen and oxygen atoms in total. The van der Waals surface area contributed by atoms with E-state index in [0.717, 1.165) is 6.54 Å². The first-order valence-corrected chi connectivity index (χ1v) is 7.97. The Bertz CT molecular complexity index is 310. The summed E-state index contributed by atoms with van der Waals surface area (Å²) in [5, 5.41) is 3.00. The number of hydrogen-bond acceptors (Lipinski definition) is 4. The fraction of sp³-hybridized carbons (Fsp3) is 0.933. The van der Waals surface area contributed by atoms with Gasteiger partial charge in [-0.1, -0.05) is 19.3 Å². The maximum absolute atomic E-state index is 12.2. The minimum Gasteiger partial charge on any atom is -0.381 e. The molecular formula is C15H29N3O2. The van der Waals surface area contributed by atoms with Crippen LogP contribution in [0.2, 0.25) is 0 Å². The summed E-state index contributed by atoms with van der Waals surface area (Å²) in [5.41, 5.74) is 5.44. The highest BCUT2D eigenvalue weighted by molar-refractivity contribution is 5.86. The Hall–Kier alpha value is -0.650. The van der Waals surface area contributed by atoms with Crippen LogP contribution < -0.4 is 11.1 Å². The summed E-state index contributed by atoms with van der Waals surface area (Å²) in [4.78, 5) is 14.5. The van der Waals surface area contributed by atoms with E-state index in [0.29, 0.717) is 38.6 Å². The Kier molecular flexibility index (Phi) is 5.81. The number of hydrogen-bond donors (Lipinski definition) is 2. The van der Waals surface area contributed by atoms with Crippen molar-refractivity contribution in [1.29, 1.82) is 0 Å². The molecule has 1 amide bonds. The van der Waals surface area contributed by atoms with Crippen molar-refractivity contribution in [2.45, 2.75) is 56.5 Å². The third-order valence-corrected chi connectivity index (χ3v) is 4.79. The lowest BCUT2D eigenvalue weighted by molar-refractivity contribution is -0.129. The summed E-state index contributed by atoms with van der Waals surface area (Å²) in [6.45, 7) is 2.77. The molecule has 0 unspecified atom stereocenters. The zero-order valence-corrected chi connectivity index (χ0v) is 12.7. The maximum Gasteiger partial charge on any atom is 0.240 e. The molecule has 1 aliphatic heterocycles. The number of rotatable bonds is 5. The highest BCUT2D eigenvalue weighted by Crippen LogP contribution is 2.21. The predicted octanol–water partition coefficient (Wildman–Crippen LogP) is 0.875. The molecule has 1 saturated heterocycles. The molecule has 0 spiro atoms. The van der Waals surface area contributed by atoms with Crippen molar-refractivity contribution in [3.05, 3.63) is 0 Å². The lowest BCUT2D eigenvalue weighted by Gasteiger charge is -2.33. The van der Waals surface area contributed by atoms with Crippen molar-refractivity contribution < 1.29 is 9.53 Å². The molecular weight excluding hydrogens is 254 g/mol. The van der Waals surface area contributed by atoms with Crippen molar-refractivity contribution in [3.8, 4) is 0 Å². The van der Waals surface area contributed by atoms with E-state index in [1.165, 1.54) is 32.1 Å². The number of carbonyl (C=O) groups excluding carboxylic acids is 1. The van der Waals surface area contributed by atoms with Crippen LogP contribution in [0, 0.1) is 0 Å². The van der Waals surface area contributed by atoms with Gasteiger partial charge in [-0.05, 0) is 32.7 Å². The van der Waals surface area contributed by atoms with Gasteiger partial charge in [-0.15, -0.1) is 0 Å². The van der Waals surface area contributed by atoms with Crippen molar-refractivity contribution in [3.63, 3.8) is 0 Å². The molecule has 2 fully saturated rings. The Balaban J connectivity index is 1.67. The average molecular weight is 283 g/mol. The van der Waals surface area contributed by atoms with Crippen molar-refractivity contribution in [1.82, 2.24) is 10.2 Å². The molecule has 0 radical (unpaired) electrons. The number of nitrogens with two attached hydrogens (primary N) is 1. The molecule has 0 aromatic carbocycles. The second kappa shape index (κ2) is 7.38. The number of ether oxygens (including phenoxy) is 1. The van der Waals surface area contributed by atoms with E-state index >= 15 is 0 Å². The zero-order chi connectivity index (χ0) is 14.4. The first-order chi connectivity index (χ1) is 9.62. The average Bonchev–Trinajstić information content (AvgIpc) is 2.48. The van der Waals surface area contributed by atoms with Gasteiger partial charge in [0.2, 0.25) is 5.91 Å². The van der Waals surface area contributed by atoms with Crippen molar-refractivity contribution in [2.75, 3.05) is 33.4 Å². The molecule has 0 atom stereocenters. The summed E-state index contributed by atoms with van der Waals surface area (Å²) in [6.07, 6.45) is 7.89. The monoisotopic (exact) mass is 283 g/mol. The molecule has 1 aliphatic carbocycles. The summed E-state index contributed by atoms with van der Waals surface area (Å²) in [6, 6.07) is 0.690. The fourth-order valence-electron chi connectivity index (χ4n) is 3.19. The number of likely N-dealkylation sites (N-methyl/N-ethyl adjacent to an activating group) is 1. The standard InChI is InChI=1S/C15H29N3O2/c1-18(13-5-3-2-4-6-13)10-9-17-14(19)15(16)7-11-20-12-8-15/h13H,2-12,16H2,1H3,(H,17,19). The van der Waals surface area contributed by atoms with Gasteiger partial charge in [0.05, 0.1) is 5.54 Å². The highest BCUT2D eigenvalue weighted by Gasteiger charge is 2.35. The quantitative estimate of drug-likeness (QED) is 0.786. The third-order valence-electron chi connectivity index (χ3n) is 4.79. The lowest BCUT2D eigenvalue weighted by Crippen LogP contribution is -2.57. The Morgan fingerprint density at radius 3 is 2.60 bits per heavy atom. The summed E-state index contributed by atoms with van der Waals surface area (Å²) < 4.78 is 5.27. The molecule has 0 bridgehead atoms. The molecule has 116 valence electrons. The number of carbonyl (C=O) groups is 1. The van der Waals surface area contributed by atoms with Gasteiger partial charge in [0.15, 0.2) is 0 Å². The summed E-state index contributed by atoms with van der Waals surface area (Å²) in [5.74, 6) is -0.0159. The highest BCUT2D eigenvalue weighted by atomic mass is 16.5. The van der Waals surface area contributed by atoms with Crippen LogP contribution in [0.3, 0.4) is 0 Å². The topological polar surface area (TPSA) is 67.6 Å². The first kappa shape index (κ1) is 15.7. The van der Waals surface area contributed by atoms with E-state index in [2.05, 4.69) is 17.3 Å². The molecule has 0 aromatic rings. The molecule has 2 aliphatic rings. The van der Waals surface area contributed by atoms with E-state index in [-0.39, 0.29) is 5.91 Å². The minimum atomic E-state index is -0.721. The van der Waals surface area contributed by atoms with Crippen molar-refractivity contribution >= 4 is 5.91 Å². The van der Waals surface area contributed by atoms with Crippen LogP contribution in [0.25, 0.3) is 0 Å². The SMILES string of the molecule is CN(CCNC(=O)C1(N)CCOCC1)C1CCCCC1. The Morgan fingerprint density at radius 1 is 1.30 bits per heavy atom. The van der Waals surface area contributed by atoms with Crippen LogP contribution in [-0.2, 0) is 9.53 Å². The van der Waals surface area contributed by atoms with Gasteiger partial charge < -0.3 is 20.7 Å². The van der Waals surface area contributed by atoms with E-state index in [1.807, 2.05) is 0 Å². The molecule has 5 heteroatoms. The van der Waals surface area contributed by atoms with Crippen LogP contribution in [0.1, 0.15) is 44.9 Å². The van der Waals surface area contributed by atoms with Gasteiger partial charge in [-0.3, -0.25) is 4.79 Å². The Morgan fingerprint density at radius 2 is 1.95 bits per heavy atom. The van der Waals surface area contributed by atoms with Gasteiger partial charge in [0.25, 0.3) is 0 Å². The van der Waals surface area contributed by atoms with Crippen LogP contribution in [0.5, 0.6) is 0 Å². The van der Waals surface area contributed by atoms with Crippen LogP contribution in [0.4, 0.5) is 0 Å². The fourth-order valence-corrected chi connectivity index (χ4v) is 3.19. The molecule has 2 rings (SSSR count). The van der Waals surface area contributed by atoms with Gasteiger partial charge in [0, 0.05) is 32.3 Å². The van der Waals surface area contributed by atoms with Crippen LogP contribution in [-0.4, -0.2) is 55.7 Å². The number of amides is 1. The van der Waals surface area contributed by atoms with Crippen molar-refractivity contribution in [2.24, 2.45) is 5.73 Å². The molecule has 1 heterocycles. The lowest BCUT2D eigenvalue weighted by atomic mass is 9.90. The third kappa shape index (κ3) is 4.17. The van der Waals surface area contributed by atoms with Gasteiger partial charge in [-0.2, -0.15) is 0 Å². The maximum atomic E-state index is 12.2. The Labute approximate surface area is 122 Å². The van der Waals surface area contributed by atoms with Crippen LogP contribution >= 0.6 is 0 Å². The zero-order valence-electron chi connectivity index (χ0n) is 12.7. The molecule has 3 N–H and O–H groups in total. The van der Waals surface area contributed by atoms with Gasteiger partial charge >= 0.3 is 0 Å². The second-order valence-electron chi connectivity index (χ2n) is 6.30. The second-order valence-corrected chi connectivity index (χ2v) is 6.30. The van der Waals surface area contributed by atoms with Gasteiger partial charge in [-0.25, -0.2) is 0 Å². The molecule has 0 aromatic heterocycles. The normalized spacial score (nSPS) is 23.8. The summed E-state index contributed by atoms with van der Waals surface area (Å²) in [7, 11) is 2.16. The molecule has 20 heavy (non-hydrogen) atoms. The van der Waals surface area contributed by atoms with E-state index in [9.17, 15) is 4.79 Å². The summed E-state index contributed by atoms with van der Waals surface area (Å²) >= 11 is 0. The van der Waals surface area contributed by atoms with E-state index < -0.39 is 5.54 Å². The van der Waals surface area contributed by atoms with E-state index in [4.69, 9.17) is 10.5 Å². The largest absolute Gasteiger partial charge is 0.381 e. The number of nitrogens with one attached hydrogen (secondary N) is 1. The van der Waals surface area contributed by atoms with Crippen LogP contribution in [0.15, 0.2) is 0 Å². The smallest absolute Gasteiger partial charge is 0.240 e. The van der Waals surface area contributed by atoms with Gasteiger partial charge in [0.1, 0.15) is 0 Å². The molecule has 1 saturated carbocycles. The minimum absolute atomic E-state index is 0.0159. The predicted molar refractivity (Wildman–Crippen MR) is 79.5 cm³/mol. The van der Waals surface area contributed by atoms with E-state index in [1.54, 1.807) is 0 Å². The number of nitrogens with zero attached hydrogens (tertiary/aromatic N) is 1. The first-order valence-electron chi connectivity index (χ1n) is 7.97.